The highest BCUT2D eigenvalue weighted by atomic mass is 32.2. The van der Waals surface area contributed by atoms with Crippen molar-refractivity contribution in [2.75, 3.05) is 32.2 Å². The van der Waals surface area contributed by atoms with Crippen molar-refractivity contribution in [1.82, 2.24) is 5.43 Å². The second-order valence-electron chi connectivity index (χ2n) is 7.40. The molecule has 0 unspecified atom stereocenters. The van der Waals surface area contributed by atoms with Gasteiger partial charge in [-0.25, -0.2) is 13.8 Å². The van der Waals surface area contributed by atoms with Crippen molar-refractivity contribution in [2.45, 2.75) is 11.8 Å². The number of amides is 1. The van der Waals surface area contributed by atoms with Gasteiger partial charge in [-0.2, -0.15) is 5.10 Å². The first-order valence-corrected chi connectivity index (χ1v) is 12.0. The number of carbonyl (C=O) groups excluding carboxylic acids is 1. The number of sulfonamides is 1. The van der Waals surface area contributed by atoms with Crippen LogP contribution in [0.15, 0.2) is 76.7 Å². The van der Waals surface area contributed by atoms with Crippen LogP contribution in [0.1, 0.15) is 11.1 Å². The summed E-state index contributed by atoms with van der Waals surface area (Å²) in [4.78, 5) is 12.8. The Balaban J connectivity index is 1.86. The molecule has 10 heteroatoms. The number of hydrogen-bond donors (Lipinski definition) is 1. The summed E-state index contributed by atoms with van der Waals surface area (Å²) >= 11 is 0. The molecule has 184 valence electrons. The molecule has 0 saturated carbocycles. The summed E-state index contributed by atoms with van der Waals surface area (Å²) < 4.78 is 43.8. The summed E-state index contributed by atoms with van der Waals surface area (Å²) in [6, 6.07) is 18.1. The maximum atomic E-state index is 13.5. The Morgan fingerprint density at radius 3 is 2.23 bits per heavy atom. The first kappa shape index (κ1) is 25.6. The zero-order chi connectivity index (χ0) is 25.4. The molecule has 0 heterocycles. The van der Waals surface area contributed by atoms with E-state index in [1.807, 2.05) is 6.92 Å². The number of nitrogens with zero attached hydrogens (tertiary/aromatic N) is 2. The molecule has 1 amide bonds. The number of nitrogens with one attached hydrogen (secondary N) is 1. The zero-order valence-corrected chi connectivity index (χ0v) is 20.7. The summed E-state index contributed by atoms with van der Waals surface area (Å²) in [6.45, 7) is 1.35. The molecule has 9 nitrogen and oxygen atoms in total. The van der Waals surface area contributed by atoms with Gasteiger partial charge in [0.2, 0.25) is 0 Å². The van der Waals surface area contributed by atoms with Crippen molar-refractivity contribution in [3.05, 3.63) is 77.9 Å². The van der Waals surface area contributed by atoms with Gasteiger partial charge in [-0.3, -0.25) is 9.10 Å². The van der Waals surface area contributed by atoms with Gasteiger partial charge in [0, 0.05) is 0 Å². The van der Waals surface area contributed by atoms with E-state index in [0.717, 1.165) is 9.87 Å². The zero-order valence-electron chi connectivity index (χ0n) is 19.9. The summed E-state index contributed by atoms with van der Waals surface area (Å²) in [5.41, 5.74) is 4.17. The van der Waals surface area contributed by atoms with E-state index in [9.17, 15) is 13.2 Å². The third kappa shape index (κ3) is 6.10. The number of hydrazone groups is 1. The number of anilines is 1. The van der Waals surface area contributed by atoms with Crippen molar-refractivity contribution in [3.63, 3.8) is 0 Å². The van der Waals surface area contributed by atoms with Gasteiger partial charge in [0.1, 0.15) is 12.3 Å². The van der Waals surface area contributed by atoms with E-state index in [-0.39, 0.29) is 10.6 Å². The highest BCUT2D eigenvalue weighted by Gasteiger charge is 2.29. The van der Waals surface area contributed by atoms with Crippen LogP contribution in [0.2, 0.25) is 0 Å². The fraction of sp³-hybridized carbons (Fsp3) is 0.200. The summed E-state index contributed by atoms with van der Waals surface area (Å²) in [7, 11) is 0.398. The van der Waals surface area contributed by atoms with Gasteiger partial charge >= 0.3 is 0 Å². The molecule has 0 atom stereocenters. The standard InChI is InChI=1S/C25H27N3O6S/c1-18-9-12-20(13-10-18)35(30,31)28(21-7-5-6-8-22(21)32-2)17-25(29)27-26-16-19-11-14-23(33-3)24(15-19)34-4/h5-16H,17H2,1-4H3,(H,27,29)/b26-16+. The predicted molar refractivity (Wildman–Crippen MR) is 134 cm³/mol. The Hall–Kier alpha value is -4.05. The lowest BCUT2D eigenvalue weighted by atomic mass is 10.2. The van der Waals surface area contributed by atoms with E-state index >= 15 is 0 Å². The average molecular weight is 498 g/mol. The molecule has 0 spiro atoms. The summed E-state index contributed by atoms with van der Waals surface area (Å²) in [5.74, 6) is 0.741. The maximum Gasteiger partial charge on any atom is 0.264 e. The molecule has 3 rings (SSSR count). The van der Waals surface area contributed by atoms with Gasteiger partial charge in [0.25, 0.3) is 15.9 Å². The van der Waals surface area contributed by atoms with Gasteiger partial charge in [-0.1, -0.05) is 29.8 Å². The van der Waals surface area contributed by atoms with E-state index in [2.05, 4.69) is 10.5 Å². The Morgan fingerprint density at radius 2 is 1.57 bits per heavy atom. The predicted octanol–water partition coefficient (Wildman–Crippen LogP) is 3.37. The molecule has 0 fully saturated rings. The number of carbonyl (C=O) groups is 1. The van der Waals surface area contributed by atoms with Crippen LogP contribution in [0.25, 0.3) is 0 Å². The average Bonchev–Trinajstić information content (AvgIpc) is 2.87. The Morgan fingerprint density at radius 1 is 0.914 bits per heavy atom. The molecule has 0 bridgehead atoms. The second kappa shape index (κ2) is 11.4. The van der Waals surface area contributed by atoms with Crippen molar-refractivity contribution in [1.29, 1.82) is 0 Å². The monoisotopic (exact) mass is 497 g/mol. The van der Waals surface area contributed by atoms with Gasteiger partial charge in [-0.05, 0) is 55.0 Å². The van der Waals surface area contributed by atoms with E-state index in [0.29, 0.717) is 22.8 Å². The molecule has 3 aromatic carbocycles. The fourth-order valence-corrected chi connectivity index (χ4v) is 4.68. The van der Waals surface area contributed by atoms with E-state index in [4.69, 9.17) is 14.2 Å². The molecule has 1 N–H and O–H groups in total. The molecular formula is C25H27N3O6S. The van der Waals surface area contributed by atoms with Crippen LogP contribution in [0.5, 0.6) is 17.2 Å². The van der Waals surface area contributed by atoms with Gasteiger partial charge in [0.15, 0.2) is 11.5 Å². The number of hydrogen-bond acceptors (Lipinski definition) is 7. The highest BCUT2D eigenvalue weighted by Crippen LogP contribution is 2.32. The van der Waals surface area contributed by atoms with Crippen molar-refractivity contribution >= 4 is 27.8 Å². The molecule has 0 aliphatic rings. The molecular weight excluding hydrogens is 470 g/mol. The number of benzene rings is 3. The minimum Gasteiger partial charge on any atom is -0.495 e. The van der Waals surface area contributed by atoms with Crippen molar-refractivity contribution in [2.24, 2.45) is 5.10 Å². The third-order valence-electron chi connectivity index (χ3n) is 5.06. The number of methoxy groups -OCH3 is 3. The highest BCUT2D eigenvalue weighted by molar-refractivity contribution is 7.92. The molecule has 35 heavy (non-hydrogen) atoms. The SMILES string of the molecule is COc1ccc(/C=N/NC(=O)CN(c2ccccc2OC)S(=O)(=O)c2ccc(C)cc2)cc1OC. The molecule has 0 radical (unpaired) electrons. The molecule has 0 aromatic heterocycles. The lowest BCUT2D eigenvalue weighted by Crippen LogP contribution is -2.39. The number of para-hydroxylation sites is 2. The van der Waals surface area contributed by atoms with Crippen molar-refractivity contribution < 1.29 is 27.4 Å². The largest absolute Gasteiger partial charge is 0.495 e. The fourth-order valence-electron chi connectivity index (χ4n) is 3.25. The lowest BCUT2D eigenvalue weighted by Gasteiger charge is -2.25. The van der Waals surface area contributed by atoms with E-state index in [1.165, 1.54) is 39.7 Å². The van der Waals surface area contributed by atoms with E-state index in [1.54, 1.807) is 54.6 Å². The van der Waals surface area contributed by atoms with Crippen LogP contribution in [0.4, 0.5) is 5.69 Å². The smallest absolute Gasteiger partial charge is 0.264 e. The van der Waals surface area contributed by atoms with Crippen LogP contribution in [-0.2, 0) is 14.8 Å². The normalized spacial score (nSPS) is 11.2. The minimum absolute atomic E-state index is 0.0515. The van der Waals surface area contributed by atoms with E-state index < -0.39 is 22.5 Å². The van der Waals surface area contributed by atoms with Crippen molar-refractivity contribution in [3.8, 4) is 17.2 Å². The first-order chi connectivity index (χ1) is 16.8. The van der Waals surface area contributed by atoms with Gasteiger partial charge in [-0.15, -0.1) is 0 Å². The first-order valence-electron chi connectivity index (χ1n) is 10.6. The summed E-state index contributed by atoms with van der Waals surface area (Å²) in [6.07, 6.45) is 1.42. The Bertz CT molecular complexity index is 1310. The molecule has 0 saturated heterocycles. The van der Waals surface area contributed by atoms with Crippen LogP contribution in [-0.4, -0.2) is 48.4 Å². The Labute approximate surface area is 205 Å². The number of ether oxygens (including phenoxy) is 3. The quantitative estimate of drug-likeness (QED) is 0.340. The number of aryl methyl sites for hydroxylation is 1. The lowest BCUT2D eigenvalue weighted by molar-refractivity contribution is -0.119. The summed E-state index contributed by atoms with van der Waals surface area (Å²) in [5, 5.41) is 3.95. The van der Waals surface area contributed by atoms with Crippen LogP contribution >= 0.6 is 0 Å². The topological polar surface area (TPSA) is 107 Å². The van der Waals surface area contributed by atoms with Gasteiger partial charge in [0.05, 0.1) is 38.1 Å². The molecule has 0 aliphatic heterocycles. The maximum absolute atomic E-state index is 13.5. The minimum atomic E-state index is -4.08. The molecule has 0 aliphatic carbocycles. The second-order valence-corrected chi connectivity index (χ2v) is 9.27. The number of rotatable bonds is 10. The van der Waals surface area contributed by atoms with Crippen LogP contribution in [0.3, 0.4) is 0 Å². The van der Waals surface area contributed by atoms with Gasteiger partial charge < -0.3 is 14.2 Å². The third-order valence-corrected chi connectivity index (χ3v) is 6.83. The van der Waals surface area contributed by atoms with Crippen LogP contribution in [0, 0.1) is 6.92 Å². The van der Waals surface area contributed by atoms with Crippen LogP contribution < -0.4 is 23.9 Å². The Kier molecular flexibility index (Phi) is 8.32. The molecule has 3 aromatic rings.